The summed E-state index contributed by atoms with van der Waals surface area (Å²) in [6, 6.07) is 11.0. The summed E-state index contributed by atoms with van der Waals surface area (Å²) in [7, 11) is 0. The van der Waals surface area contributed by atoms with Crippen LogP contribution < -0.4 is 5.43 Å². The molecule has 1 heterocycles. The summed E-state index contributed by atoms with van der Waals surface area (Å²) in [5.74, 6) is -1.46. The lowest BCUT2D eigenvalue weighted by atomic mass is 9.99. The third-order valence-corrected chi connectivity index (χ3v) is 3.66. The SMILES string of the molecule is O=C(O)CCc1oc2cc(O)cc(O)c2c(=O)c1-c1ccccc1. The van der Waals surface area contributed by atoms with E-state index in [9.17, 15) is 19.8 Å². The van der Waals surface area contributed by atoms with Gasteiger partial charge in [0.2, 0.25) is 5.43 Å². The Hall–Kier alpha value is -3.28. The number of aromatic hydroxyl groups is 2. The first-order chi connectivity index (χ1) is 11.5. The van der Waals surface area contributed by atoms with Crippen molar-refractivity contribution in [1.29, 1.82) is 0 Å². The minimum absolute atomic E-state index is 0.0116. The van der Waals surface area contributed by atoms with Crippen molar-refractivity contribution in [2.45, 2.75) is 12.8 Å². The summed E-state index contributed by atoms with van der Waals surface area (Å²) in [5, 5.41) is 28.4. The maximum Gasteiger partial charge on any atom is 0.303 e. The minimum atomic E-state index is -1.02. The topological polar surface area (TPSA) is 108 Å². The van der Waals surface area contributed by atoms with E-state index in [0.29, 0.717) is 5.56 Å². The molecule has 0 bridgehead atoms. The average molecular weight is 326 g/mol. The molecule has 0 amide bonds. The zero-order chi connectivity index (χ0) is 17.3. The van der Waals surface area contributed by atoms with Gasteiger partial charge in [-0.05, 0) is 5.56 Å². The second kappa shape index (κ2) is 6.08. The number of fused-ring (bicyclic) bond motifs is 1. The number of phenolic OH excluding ortho intramolecular Hbond substituents is 2. The zero-order valence-electron chi connectivity index (χ0n) is 12.5. The van der Waals surface area contributed by atoms with Gasteiger partial charge in [-0.1, -0.05) is 30.3 Å². The van der Waals surface area contributed by atoms with Gasteiger partial charge in [-0.25, -0.2) is 0 Å². The quantitative estimate of drug-likeness (QED) is 0.680. The molecule has 0 fully saturated rings. The number of benzene rings is 2. The molecule has 6 nitrogen and oxygen atoms in total. The molecule has 6 heteroatoms. The van der Waals surface area contributed by atoms with Crippen molar-refractivity contribution in [2.75, 3.05) is 0 Å². The third-order valence-electron chi connectivity index (χ3n) is 3.66. The fourth-order valence-electron chi connectivity index (χ4n) is 2.62. The van der Waals surface area contributed by atoms with Gasteiger partial charge in [0.25, 0.3) is 0 Å². The van der Waals surface area contributed by atoms with Gasteiger partial charge in [-0.15, -0.1) is 0 Å². The molecule has 0 atom stereocenters. The molecule has 3 aromatic rings. The summed E-state index contributed by atoms with van der Waals surface area (Å²) in [4.78, 5) is 23.8. The number of aliphatic carboxylic acids is 1. The number of hydrogen-bond donors (Lipinski definition) is 3. The van der Waals surface area contributed by atoms with Crippen LogP contribution in [0.1, 0.15) is 12.2 Å². The molecule has 0 aliphatic rings. The standard InChI is InChI=1S/C18H14O6/c19-11-8-12(20)17-14(9-11)24-13(6-7-15(21)22)16(18(17)23)10-4-2-1-3-5-10/h1-5,8-9,19-20H,6-7H2,(H,21,22). The van der Waals surface area contributed by atoms with Crippen LogP contribution in [-0.4, -0.2) is 21.3 Å². The summed E-state index contributed by atoms with van der Waals surface area (Å²) >= 11 is 0. The van der Waals surface area contributed by atoms with Crippen molar-refractivity contribution in [1.82, 2.24) is 0 Å². The molecule has 0 saturated carbocycles. The van der Waals surface area contributed by atoms with Crippen LogP contribution in [0.4, 0.5) is 0 Å². The predicted octanol–water partition coefficient (Wildman–Crippen LogP) is 2.89. The van der Waals surface area contributed by atoms with Crippen molar-refractivity contribution in [3.63, 3.8) is 0 Å². The Kier molecular flexibility index (Phi) is 3.95. The molecule has 2 aromatic carbocycles. The van der Waals surface area contributed by atoms with Crippen LogP contribution in [0.5, 0.6) is 11.5 Å². The molecule has 0 radical (unpaired) electrons. The van der Waals surface area contributed by atoms with Crippen LogP contribution in [0.25, 0.3) is 22.1 Å². The molecule has 3 rings (SSSR count). The zero-order valence-corrected chi connectivity index (χ0v) is 12.5. The van der Waals surface area contributed by atoms with Gasteiger partial charge in [-0.3, -0.25) is 9.59 Å². The van der Waals surface area contributed by atoms with Crippen LogP contribution >= 0.6 is 0 Å². The fourth-order valence-corrected chi connectivity index (χ4v) is 2.62. The van der Waals surface area contributed by atoms with Gasteiger partial charge in [-0.2, -0.15) is 0 Å². The number of hydrogen-bond acceptors (Lipinski definition) is 5. The molecule has 1 aromatic heterocycles. The first-order valence-electron chi connectivity index (χ1n) is 7.26. The fraction of sp³-hybridized carbons (Fsp3) is 0.111. The van der Waals surface area contributed by atoms with Crippen molar-refractivity contribution >= 4 is 16.9 Å². The summed E-state index contributed by atoms with van der Waals surface area (Å²) in [5.41, 5.74) is 0.323. The van der Waals surface area contributed by atoms with Crippen LogP contribution in [-0.2, 0) is 11.2 Å². The van der Waals surface area contributed by atoms with Gasteiger partial charge in [0.1, 0.15) is 28.2 Å². The normalized spacial score (nSPS) is 10.8. The second-order valence-electron chi connectivity index (χ2n) is 5.33. The number of carbonyl (C=O) groups is 1. The highest BCUT2D eigenvalue weighted by Crippen LogP contribution is 2.32. The van der Waals surface area contributed by atoms with Crippen LogP contribution in [0, 0.1) is 0 Å². The Morgan fingerprint density at radius 3 is 2.46 bits per heavy atom. The Balaban J connectivity index is 2.33. The van der Waals surface area contributed by atoms with Crippen LogP contribution in [0.2, 0.25) is 0 Å². The first kappa shape index (κ1) is 15.6. The van der Waals surface area contributed by atoms with Crippen molar-refractivity contribution < 1.29 is 24.5 Å². The average Bonchev–Trinajstić information content (AvgIpc) is 2.52. The molecular formula is C18H14O6. The lowest BCUT2D eigenvalue weighted by Gasteiger charge is -2.10. The van der Waals surface area contributed by atoms with Crippen molar-refractivity contribution in [3.8, 4) is 22.6 Å². The number of aryl methyl sites for hydroxylation is 1. The summed E-state index contributed by atoms with van der Waals surface area (Å²) in [6.07, 6.45) is -0.194. The van der Waals surface area contributed by atoms with Crippen molar-refractivity contribution in [2.24, 2.45) is 0 Å². The number of carboxylic acids is 1. The summed E-state index contributed by atoms with van der Waals surface area (Å²) < 4.78 is 5.66. The molecule has 0 unspecified atom stereocenters. The molecular weight excluding hydrogens is 312 g/mol. The first-order valence-corrected chi connectivity index (χ1v) is 7.26. The van der Waals surface area contributed by atoms with Gasteiger partial charge in [0.15, 0.2) is 0 Å². The van der Waals surface area contributed by atoms with Gasteiger partial charge in [0.05, 0.1) is 12.0 Å². The predicted molar refractivity (Wildman–Crippen MR) is 87.2 cm³/mol. The van der Waals surface area contributed by atoms with Crippen LogP contribution in [0.3, 0.4) is 0 Å². The highest BCUT2D eigenvalue weighted by Gasteiger charge is 2.19. The van der Waals surface area contributed by atoms with E-state index in [-0.39, 0.29) is 46.6 Å². The molecule has 0 aliphatic heterocycles. The lowest BCUT2D eigenvalue weighted by molar-refractivity contribution is -0.137. The molecule has 122 valence electrons. The Labute approximate surface area is 136 Å². The van der Waals surface area contributed by atoms with E-state index >= 15 is 0 Å². The smallest absolute Gasteiger partial charge is 0.303 e. The number of carboxylic acid groups (broad SMARTS) is 1. The van der Waals surface area contributed by atoms with E-state index in [1.807, 2.05) is 0 Å². The maximum absolute atomic E-state index is 12.9. The lowest BCUT2D eigenvalue weighted by Crippen LogP contribution is -2.10. The Bertz CT molecular complexity index is 972. The monoisotopic (exact) mass is 326 g/mol. The van der Waals surface area contributed by atoms with E-state index in [1.165, 1.54) is 6.07 Å². The highest BCUT2D eigenvalue weighted by molar-refractivity contribution is 5.89. The van der Waals surface area contributed by atoms with E-state index in [0.717, 1.165) is 6.07 Å². The number of rotatable bonds is 4. The largest absolute Gasteiger partial charge is 0.508 e. The molecule has 24 heavy (non-hydrogen) atoms. The molecule has 0 spiro atoms. The maximum atomic E-state index is 12.9. The van der Waals surface area contributed by atoms with E-state index in [4.69, 9.17) is 9.52 Å². The van der Waals surface area contributed by atoms with Gasteiger partial charge >= 0.3 is 5.97 Å². The second-order valence-corrected chi connectivity index (χ2v) is 5.33. The van der Waals surface area contributed by atoms with Gasteiger partial charge < -0.3 is 19.7 Å². The molecule has 0 aliphatic carbocycles. The van der Waals surface area contributed by atoms with Gasteiger partial charge in [0, 0.05) is 18.6 Å². The Morgan fingerprint density at radius 1 is 1.08 bits per heavy atom. The summed E-state index contributed by atoms with van der Waals surface area (Å²) in [6.45, 7) is 0. The van der Waals surface area contributed by atoms with Crippen molar-refractivity contribution in [3.05, 3.63) is 58.4 Å². The molecule has 0 saturated heterocycles. The molecule has 3 N–H and O–H groups in total. The minimum Gasteiger partial charge on any atom is -0.508 e. The number of phenols is 2. The third kappa shape index (κ3) is 2.81. The van der Waals surface area contributed by atoms with E-state index in [1.54, 1.807) is 30.3 Å². The van der Waals surface area contributed by atoms with E-state index < -0.39 is 11.4 Å². The van der Waals surface area contributed by atoms with E-state index in [2.05, 4.69) is 0 Å². The van der Waals surface area contributed by atoms with Crippen LogP contribution in [0.15, 0.2) is 51.7 Å². The Morgan fingerprint density at radius 2 is 1.79 bits per heavy atom. The highest BCUT2D eigenvalue weighted by atomic mass is 16.4.